The Bertz CT molecular complexity index is 966. The molecule has 2 aromatic carbocycles. The number of thioether (sulfide) groups is 1. The highest BCUT2D eigenvalue weighted by Gasteiger charge is 2.17. The van der Waals surface area contributed by atoms with Crippen molar-refractivity contribution in [3.63, 3.8) is 0 Å². The lowest BCUT2D eigenvalue weighted by Gasteiger charge is -2.30. The quantitative estimate of drug-likeness (QED) is 0.692. The number of rotatable bonds is 6. The van der Waals surface area contributed by atoms with Crippen LogP contribution >= 0.6 is 11.8 Å². The van der Waals surface area contributed by atoms with Gasteiger partial charge in [0.15, 0.2) is 0 Å². The Morgan fingerprint density at radius 3 is 2.71 bits per heavy atom. The summed E-state index contributed by atoms with van der Waals surface area (Å²) in [4.78, 5) is 19.9. The van der Waals surface area contributed by atoms with E-state index in [0.717, 1.165) is 47.1 Å². The van der Waals surface area contributed by atoms with Crippen LogP contribution in [0.1, 0.15) is 5.82 Å². The number of aromatic nitrogens is 2. The summed E-state index contributed by atoms with van der Waals surface area (Å²) in [6, 6.07) is 15.9. The van der Waals surface area contributed by atoms with Crippen molar-refractivity contribution in [2.75, 3.05) is 42.8 Å². The van der Waals surface area contributed by atoms with Crippen molar-refractivity contribution < 1.29 is 9.53 Å². The molecular formula is C21H24N4O2S. The fourth-order valence-corrected chi connectivity index (χ4v) is 4.01. The summed E-state index contributed by atoms with van der Waals surface area (Å²) in [5.74, 6) is 1.64. The lowest BCUT2D eigenvalue weighted by Crippen LogP contribution is -2.36. The first-order valence-electron chi connectivity index (χ1n) is 9.41. The van der Waals surface area contributed by atoms with E-state index in [2.05, 4.69) is 10.2 Å². The Balaban J connectivity index is 1.56. The number of hydrogen-bond donors (Lipinski definition) is 1. The molecule has 6 nitrogen and oxygen atoms in total. The number of imidazole rings is 1. The van der Waals surface area contributed by atoms with Crippen LogP contribution in [0.3, 0.4) is 0 Å². The van der Waals surface area contributed by atoms with Crippen LogP contribution < -0.4 is 10.2 Å². The van der Waals surface area contributed by atoms with E-state index in [-0.39, 0.29) is 12.5 Å². The molecule has 1 aromatic heterocycles. The number of benzene rings is 2. The standard InChI is InChI=1S/C21H24N4O2S/c1-28-15-20-22-17-7-3-5-9-19(17)25(20)14-21(26)23-16-6-2-4-8-18(16)24-10-12-27-13-11-24/h2-9H,10-15H2,1H3,(H,23,26). The Morgan fingerprint density at radius 2 is 1.89 bits per heavy atom. The molecule has 1 amide bonds. The molecule has 0 aliphatic carbocycles. The highest BCUT2D eigenvalue weighted by molar-refractivity contribution is 7.97. The molecule has 7 heteroatoms. The predicted molar refractivity (Wildman–Crippen MR) is 115 cm³/mol. The molecular weight excluding hydrogens is 372 g/mol. The second-order valence-electron chi connectivity index (χ2n) is 6.70. The Labute approximate surface area is 168 Å². The minimum Gasteiger partial charge on any atom is -0.378 e. The predicted octanol–water partition coefficient (Wildman–Crippen LogP) is 3.37. The number of fused-ring (bicyclic) bond motifs is 1. The monoisotopic (exact) mass is 396 g/mol. The van der Waals surface area contributed by atoms with Gasteiger partial charge in [0.2, 0.25) is 5.91 Å². The zero-order chi connectivity index (χ0) is 19.3. The summed E-state index contributed by atoms with van der Waals surface area (Å²) in [5.41, 5.74) is 3.79. The van der Waals surface area contributed by atoms with Gasteiger partial charge in [0.1, 0.15) is 12.4 Å². The highest BCUT2D eigenvalue weighted by atomic mass is 32.2. The molecule has 1 aliphatic rings. The minimum atomic E-state index is -0.0498. The summed E-state index contributed by atoms with van der Waals surface area (Å²) in [6.07, 6.45) is 2.04. The molecule has 0 unspecified atom stereocenters. The molecule has 0 atom stereocenters. The third-order valence-corrected chi connectivity index (χ3v) is 5.39. The maximum atomic E-state index is 12.9. The molecule has 146 valence electrons. The van der Waals surface area contributed by atoms with E-state index in [9.17, 15) is 4.79 Å². The molecule has 4 rings (SSSR count). The van der Waals surface area contributed by atoms with E-state index in [0.29, 0.717) is 13.2 Å². The summed E-state index contributed by atoms with van der Waals surface area (Å²) >= 11 is 1.70. The maximum Gasteiger partial charge on any atom is 0.244 e. The van der Waals surface area contributed by atoms with Crippen molar-refractivity contribution in [1.29, 1.82) is 0 Å². The number of nitrogens with one attached hydrogen (secondary N) is 1. The average molecular weight is 397 g/mol. The SMILES string of the molecule is CSCc1nc2ccccc2n1CC(=O)Nc1ccccc1N1CCOCC1. The number of anilines is 2. The second kappa shape index (κ2) is 8.67. The van der Waals surface area contributed by atoms with Crippen molar-refractivity contribution in [3.8, 4) is 0 Å². The zero-order valence-corrected chi connectivity index (χ0v) is 16.7. The topological polar surface area (TPSA) is 59.4 Å². The number of hydrogen-bond acceptors (Lipinski definition) is 5. The fourth-order valence-electron chi connectivity index (χ4n) is 3.53. The third-order valence-electron chi connectivity index (χ3n) is 4.84. The Hall–Kier alpha value is -2.51. The van der Waals surface area contributed by atoms with E-state index in [1.807, 2.05) is 59.4 Å². The van der Waals surface area contributed by atoms with Crippen molar-refractivity contribution in [2.45, 2.75) is 12.3 Å². The van der Waals surface area contributed by atoms with Gasteiger partial charge in [-0.1, -0.05) is 24.3 Å². The Morgan fingerprint density at radius 1 is 1.14 bits per heavy atom. The molecule has 0 saturated carbocycles. The number of ether oxygens (including phenoxy) is 1. The van der Waals surface area contributed by atoms with Crippen LogP contribution in [0.2, 0.25) is 0 Å². The lowest BCUT2D eigenvalue weighted by atomic mass is 10.2. The molecule has 2 heterocycles. The zero-order valence-electron chi connectivity index (χ0n) is 15.9. The summed E-state index contributed by atoms with van der Waals surface area (Å²) in [6.45, 7) is 3.32. The van der Waals surface area contributed by atoms with E-state index >= 15 is 0 Å². The first-order valence-corrected chi connectivity index (χ1v) is 10.8. The molecule has 3 aromatic rings. The summed E-state index contributed by atoms with van der Waals surface area (Å²) in [7, 11) is 0. The molecule has 0 bridgehead atoms. The number of carbonyl (C=O) groups excluding carboxylic acids is 1. The van der Waals surface area contributed by atoms with Gasteiger partial charge in [-0.15, -0.1) is 0 Å². The van der Waals surface area contributed by atoms with Crippen LogP contribution in [0.25, 0.3) is 11.0 Å². The maximum absolute atomic E-state index is 12.9. The molecule has 0 spiro atoms. The van der Waals surface area contributed by atoms with Crippen molar-refractivity contribution in [2.24, 2.45) is 0 Å². The first kappa shape index (κ1) is 18.8. The smallest absolute Gasteiger partial charge is 0.244 e. The first-order chi connectivity index (χ1) is 13.8. The van der Waals surface area contributed by atoms with E-state index in [1.165, 1.54) is 0 Å². The van der Waals surface area contributed by atoms with E-state index < -0.39 is 0 Å². The molecule has 1 fully saturated rings. The number of nitrogens with zero attached hydrogens (tertiary/aromatic N) is 3. The van der Waals surface area contributed by atoms with Gasteiger partial charge in [0, 0.05) is 13.1 Å². The highest BCUT2D eigenvalue weighted by Crippen LogP contribution is 2.27. The van der Waals surface area contributed by atoms with Gasteiger partial charge in [-0.2, -0.15) is 11.8 Å². The van der Waals surface area contributed by atoms with Gasteiger partial charge in [0.25, 0.3) is 0 Å². The molecule has 0 radical (unpaired) electrons. The second-order valence-corrected chi connectivity index (χ2v) is 7.57. The van der Waals surface area contributed by atoms with Crippen LogP contribution in [0, 0.1) is 0 Å². The van der Waals surface area contributed by atoms with Crippen LogP contribution in [-0.2, 0) is 21.8 Å². The number of amides is 1. The summed E-state index contributed by atoms with van der Waals surface area (Å²) in [5, 5.41) is 3.10. The molecule has 1 N–H and O–H groups in total. The van der Waals surface area contributed by atoms with Gasteiger partial charge in [0.05, 0.1) is 41.4 Å². The van der Waals surface area contributed by atoms with E-state index in [4.69, 9.17) is 9.72 Å². The summed E-state index contributed by atoms with van der Waals surface area (Å²) < 4.78 is 7.46. The van der Waals surface area contributed by atoms with Gasteiger partial charge in [-0.3, -0.25) is 4.79 Å². The number of para-hydroxylation sites is 4. The van der Waals surface area contributed by atoms with Crippen LogP contribution in [-0.4, -0.2) is 48.0 Å². The number of carbonyl (C=O) groups is 1. The average Bonchev–Trinajstić information content (AvgIpc) is 3.06. The molecule has 1 saturated heterocycles. The third kappa shape index (κ3) is 4.00. The minimum absolute atomic E-state index is 0.0498. The fraction of sp³-hybridized carbons (Fsp3) is 0.333. The normalized spacial score (nSPS) is 14.4. The van der Waals surface area contributed by atoms with Crippen molar-refractivity contribution >= 4 is 40.1 Å². The van der Waals surface area contributed by atoms with Gasteiger partial charge in [-0.25, -0.2) is 4.98 Å². The van der Waals surface area contributed by atoms with E-state index in [1.54, 1.807) is 11.8 Å². The Kier molecular flexibility index (Phi) is 5.83. The van der Waals surface area contributed by atoms with Crippen molar-refractivity contribution in [3.05, 3.63) is 54.4 Å². The van der Waals surface area contributed by atoms with Crippen LogP contribution in [0.15, 0.2) is 48.5 Å². The van der Waals surface area contributed by atoms with Crippen LogP contribution in [0.4, 0.5) is 11.4 Å². The largest absolute Gasteiger partial charge is 0.378 e. The number of morpholine rings is 1. The lowest BCUT2D eigenvalue weighted by molar-refractivity contribution is -0.116. The van der Waals surface area contributed by atoms with Gasteiger partial charge in [-0.05, 0) is 30.5 Å². The van der Waals surface area contributed by atoms with Gasteiger partial charge >= 0.3 is 0 Å². The molecule has 28 heavy (non-hydrogen) atoms. The molecule has 1 aliphatic heterocycles. The van der Waals surface area contributed by atoms with Crippen LogP contribution in [0.5, 0.6) is 0 Å². The van der Waals surface area contributed by atoms with Gasteiger partial charge < -0.3 is 19.5 Å². The van der Waals surface area contributed by atoms with Crippen molar-refractivity contribution in [1.82, 2.24) is 9.55 Å².